The van der Waals surface area contributed by atoms with Crippen LogP contribution in [0.25, 0.3) is 111 Å². The van der Waals surface area contributed by atoms with Gasteiger partial charge in [-0.25, -0.2) is 15.0 Å². The van der Waals surface area contributed by atoms with Crippen LogP contribution in [0.15, 0.2) is 192 Å². The highest BCUT2D eigenvalue weighted by Gasteiger charge is 2.16. The van der Waals surface area contributed by atoms with Gasteiger partial charge in [0.2, 0.25) is 0 Å². The number of para-hydroxylation sites is 1. The van der Waals surface area contributed by atoms with Crippen LogP contribution >= 0.6 is 0 Å². The summed E-state index contributed by atoms with van der Waals surface area (Å²) in [7, 11) is 0. The van der Waals surface area contributed by atoms with Crippen LogP contribution < -0.4 is 0 Å². The first-order chi connectivity index (χ1) is 27.2. The van der Waals surface area contributed by atoms with Gasteiger partial charge in [-0.1, -0.05) is 152 Å². The van der Waals surface area contributed by atoms with E-state index in [1.165, 1.54) is 37.9 Å². The molecule has 0 bridgehead atoms. The van der Waals surface area contributed by atoms with Crippen molar-refractivity contribution >= 4 is 54.3 Å². The standard InChI is InChI=1S/C51H31N3O/c1-2-12-32(13-3-1)49-52-50(54-51(53-49)38-25-27-45-44-22-8-9-23-47(44)55-48(45)31-38)37-17-11-16-35(29-37)33-14-10-15-34(28-33)36-24-26-43-41-20-5-4-18-39(41)40-19-6-7-21-42(40)46(43)30-36/h1-31H. The zero-order chi connectivity index (χ0) is 36.3. The lowest BCUT2D eigenvalue weighted by atomic mass is 9.91. The summed E-state index contributed by atoms with van der Waals surface area (Å²) < 4.78 is 6.24. The molecule has 0 amide bonds. The van der Waals surface area contributed by atoms with Crippen LogP contribution in [0.3, 0.4) is 0 Å². The van der Waals surface area contributed by atoms with Crippen LogP contribution in [-0.2, 0) is 0 Å². The van der Waals surface area contributed by atoms with Gasteiger partial charge in [-0.05, 0) is 91.0 Å². The van der Waals surface area contributed by atoms with E-state index in [9.17, 15) is 0 Å². The quantitative estimate of drug-likeness (QED) is 0.168. The minimum Gasteiger partial charge on any atom is -0.456 e. The topological polar surface area (TPSA) is 51.8 Å². The molecule has 4 heteroatoms. The third kappa shape index (κ3) is 5.34. The van der Waals surface area contributed by atoms with Crippen LogP contribution in [-0.4, -0.2) is 15.0 Å². The maximum absolute atomic E-state index is 6.24. The van der Waals surface area contributed by atoms with E-state index in [-0.39, 0.29) is 0 Å². The minimum atomic E-state index is 0.593. The highest BCUT2D eigenvalue weighted by atomic mass is 16.3. The van der Waals surface area contributed by atoms with Gasteiger partial charge < -0.3 is 4.42 Å². The smallest absolute Gasteiger partial charge is 0.164 e. The first-order valence-electron chi connectivity index (χ1n) is 18.5. The zero-order valence-corrected chi connectivity index (χ0v) is 29.6. The molecule has 0 saturated carbocycles. The molecule has 55 heavy (non-hydrogen) atoms. The molecule has 4 nitrogen and oxygen atoms in total. The summed E-state index contributed by atoms with van der Waals surface area (Å²) in [5.74, 6) is 1.82. The van der Waals surface area contributed by atoms with Gasteiger partial charge in [-0.3, -0.25) is 0 Å². The van der Waals surface area contributed by atoms with Gasteiger partial charge in [-0.15, -0.1) is 0 Å². The van der Waals surface area contributed by atoms with Crippen LogP contribution in [0.2, 0.25) is 0 Å². The summed E-state index contributed by atoms with van der Waals surface area (Å²) in [6.07, 6.45) is 0. The van der Waals surface area contributed by atoms with Crippen molar-refractivity contribution in [3.8, 4) is 56.4 Å². The summed E-state index contributed by atoms with van der Waals surface area (Å²) in [6, 6.07) is 66.0. The van der Waals surface area contributed by atoms with E-state index in [1.54, 1.807) is 0 Å². The molecule has 11 rings (SSSR count). The Balaban J connectivity index is 1.01. The Morgan fingerprint density at radius 3 is 1.29 bits per heavy atom. The molecule has 256 valence electrons. The number of aromatic nitrogens is 3. The SMILES string of the molecule is c1ccc(-c2nc(-c3cccc(-c4cccc(-c5ccc6c7ccccc7c7ccccc7c6c5)c4)c3)nc(-c3ccc4c(c3)oc3ccccc34)n2)cc1. The van der Waals surface area contributed by atoms with Gasteiger partial charge in [0.25, 0.3) is 0 Å². The van der Waals surface area contributed by atoms with Crippen molar-refractivity contribution in [2.45, 2.75) is 0 Å². The zero-order valence-electron chi connectivity index (χ0n) is 29.6. The Hall–Kier alpha value is -7.43. The highest BCUT2D eigenvalue weighted by Crippen LogP contribution is 2.38. The van der Waals surface area contributed by atoms with E-state index in [0.717, 1.165) is 55.3 Å². The fourth-order valence-corrected chi connectivity index (χ4v) is 8.02. The summed E-state index contributed by atoms with van der Waals surface area (Å²) in [5.41, 5.74) is 8.93. The van der Waals surface area contributed by atoms with Crippen molar-refractivity contribution in [1.82, 2.24) is 15.0 Å². The number of hydrogen-bond donors (Lipinski definition) is 0. The normalized spacial score (nSPS) is 11.6. The minimum absolute atomic E-state index is 0.593. The fourth-order valence-electron chi connectivity index (χ4n) is 8.02. The van der Waals surface area contributed by atoms with E-state index >= 15 is 0 Å². The molecule has 0 spiro atoms. The average Bonchev–Trinajstić information content (AvgIpc) is 3.65. The van der Waals surface area contributed by atoms with Crippen molar-refractivity contribution in [3.63, 3.8) is 0 Å². The molecule has 0 aliphatic heterocycles. The van der Waals surface area contributed by atoms with Gasteiger partial charge in [0.05, 0.1) is 0 Å². The number of nitrogens with zero attached hydrogens (tertiary/aromatic N) is 3. The molecule has 0 saturated heterocycles. The maximum Gasteiger partial charge on any atom is 0.164 e. The molecule has 0 N–H and O–H groups in total. The monoisotopic (exact) mass is 701 g/mol. The molecule has 0 atom stereocenters. The second-order valence-electron chi connectivity index (χ2n) is 14.0. The van der Waals surface area contributed by atoms with E-state index in [2.05, 4.69) is 133 Å². The van der Waals surface area contributed by atoms with Gasteiger partial charge in [-0.2, -0.15) is 0 Å². The molecule has 0 aliphatic carbocycles. The molecule has 0 fully saturated rings. The number of fused-ring (bicyclic) bond motifs is 9. The van der Waals surface area contributed by atoms with E-state index < -0.39 is 0 Å². The first-order valence-corrected chi connectivity index (χ1v) is 18.5. The fraction of sp³-hybridized carbons (Fsp3) is 0. The van der Waals surface area contributed by atoms with Crippen molar-refractivity contribution in [2.24, 2.45) is 0 Å². The molecule has 0 aliphatic rings. The summed E-state index contributed by atoms with van der Waals surface area (Å²) in [5, 5.41) is 9.80. The molecular formula is C51H31N3O. The Kier molecular flexibility index (Phi) is 7.14. The van der Waals surface area contributed by atoms with Crippen molar-refractivity contribution in [2.75, 3.05) is 0 Å². The lowest BCUT2D eigenvalue weighted by Crippen LogP contribution is -2.00. The largest absolute Gasteiger partial charge is 0.456 e. The number of hydrogen-bond acceptors (Lipinski definition) is 4. The summed E-state index contributed by atoms with van der Waals surface area (Å²) in [4.78, 5) is 15.1. The predicted molar refractivity (Wildman–Crippen MR) is 227 cm³/mol. The van der Waals surface area contributed by atoms with Crippen molar-refractivity contribution in [1.29, 1.82) is 0 Å². The van der Waals surface area contributed by atoms with E-state index in [4.69, 9.17) is 19.4 Å². The molecule has 2 heterocycles. The van der Waals surface area contributed by atoms with Crippen LogP contribution in [0, 0.1) is 0 Å². The van der Waals surface area contributed by atoms with Gasteiger partial charge in [0.1, 0.15) is 11.2 Å². The maximum atomic E-state index is 6.24. The molecule has 9 aromatic carbocycles. The number of benzene rings is 9. The van der Waals surface area contributed by atoms with Crippen molar-refractivity contribution < 1.29 is 4.42 Å². The molecule has 0 unspecified atom stereocenters. The third-order valence-corrected chi connectivity index (χ3v) is 10.7. The van der Waals surface area contributed by atoms with Crippen LogP contribution in [0.1, 0.15) is 0 Å². The number of rotatable bonds is 5. The molecule has 2 aromatic heterocycles. The predicted octanol–water partition coefficient (Wildman–Crippen LogP) is 13.6. The van der Waals surface area contributed by atoms with Gasteiger partial charge in [0, 0.05) is 27.5 Å². The molecular weight excluding hydrogens is 671 g/mol. The Bertz CT molecular complexity index is 3240. The van der Waals surface area contributed by atoms with Crippen LogP contribution in [0.5, 0.6) is 0 Å². The average molecular weight is 702 g/mol. The van der Waals surface area contributed by atoms with E-state index in [1.807, 2.05) is 54.6 Å². The highest BCUT2D eigenvalue weighted by molar-refractivity contribution is 6.25. The number of furan rings is 1. The Morgan fingerprint density at radius 1 is 0.236 bits per heavy atom. The lowest BCUT2D eigenvalue weighted by Gasteiger charge is -2.13. The lowest BCUT2D eigenvalue weighted by molar-refractivity contribution is 0.669. The van der Waals surface area contributed by atoms with Crippen LogP contribution in [0.4, 0.5) is 0 Å². The van der Waals surface area contributed by atoms with Gasteiger partial charge >= 0.3 is 0 Å². The molecule has 11 aromatic rings. The second kappa shape index (κ2) is 12.6. The Morgan fingerprint density at radius 2 is 0.636 bits per heavy atom. The summed E-state index contributed by atoms with van der Waals surface area (Å²) in [6.45, 7) is 0. The summed E-state index contributed by atoms with van der Waals surface area (Å²) >= 11 is 0. The first kappa shape index (κ1) is 31.1. The van der Waals surface area contributed by atoms with Crippen molar-refractivity contribution in [3.05, 3.63) is 188 Å². The third-order valence-electron chi connectivity index (χ3n) is 10.7. The molecule has 0 radical (unpaired) electrons. The Labute approximate surface area is 317 Å². The van der Waals surface area contributed by atoms with Gasteiger partial charge in [0.15, 0.2) is 17.5 Å². The second-order valence-corrected chi connectivity index (χ2v) is 14.0. The van der Waals surface area contributed by atoms with E-state index in [0.29, 0.717) is 17.5 Å².